The summed E-state index contributed by atoms with van der Waals surface area (Å²) in [5.41, 5.74) is -2.15. The minimum absolute atomic E-state index is 0.0799. The van der Waals surface area contributed by atoms with E-state index >= 15 is 0 Å². The van der Waals surface area contributed by atoms with Crippen LogP contribution < -0.4 is 5.56 Å². The van der Waals surface area contributed by atoms with Crippen molar-refractivity contribution in [1.82, 2.24) is 9.55 Å². The average Bonchev–Trinajstić information content (AvgIpc) is 2.48. The lowest BCUT2D eigenvalue weighted by Gasteiger charge is -2.25. The molecule has 7 heteroatoms. The van der Waals surface area contributed by atoms with Gasteiger partial charge in [-0.3, -0.25) is 9.36 Å². The molecule has 0 aliphatic heterocycles. The van der Waals surface area contributed by atoms with Crippen molar-refractivity contribution in [2.45, 2.75) is 45.0 Å². The minimum atomic E-state index is -4.50. The fourth-order valence-electron chi connectivity index (χ4n) is 2.33. The Morgan fingerprint density at radius 1 is 1.21 bits per heavy atom. The fourth-order valence-corrected chi connectivity index (χ4v) is 2.33. The van der Waals surface area contributed by atoms with Gasteiger partial charge in [-0.05, 0) is 30.5 Å². The first-order valence-corrected chi connectivity index (χ1v) is 7.47. The highest BCUT2D eigenvalue weighted by molar-refractivity contribution is 5.29. The Morgan fingerprint density at radius 2 is 1.83 bits per heavy atom. The molecule has 0 fully saturated rings. The minimum Gasteiger partial charge on any atom is -0.384 e. The van der Waals surface area contributed by atoms with E-state index in [1.54, 1.807) is 0 Å². The molecule has 0 aliphatic rings. The van der Waals surface area contributed by atoms with Crippen LogP contribution in [0.25, 0.3) is 0 Å². The molecule has 2 aromatic rings. The molecule has 2 rings (SSSR count). The van der Waals surface area contributed by atoms with E-state index in [9.17, 15) is 23.1 Å². The Labute approximate surface area is 137 Å². The number of hydrogen-bond donors (Lipinski definition) is 1. The van der Waals surface area contributed by atoms with Crippen LogP contribution in [0, 0.1) is 0 Å². The standard InChI is InChI=1S/C17H19F3N2O2/c1-11(2)14-8-15(23)22(10-21-14)9-16(3,24)12-5-4-6-13(7-12)17(18,19)20/h4-8,10-11,24H,9H2,1-3H3. The maximum atomic E-state index is 12.8. The van der Waals surface area contributed by atoms with E-state index in [2.05, 4.69) is 4.98 Å². The van der Waals surface area contributed by atoms with Crippen LogP contribution in [0.1, 0.15) is 43.5 Å². The zero-order valence-corrected chi connectivity index (χ0v) is 13.6. The van der Waals surface area contributed by atoms with Crippen molar-refractivity contribution < 1.29 is 18.3 Å². The summed E-state index contributed by atoms with van der Waals surface area (Å²) in [6.45, 7) is 4.96. The van der Waals surface area contributed by atoms with E-state index in [4.69, 9.17) is 0 Å². The molecule has 4 nitrogen and oxygen atoms in total. The largest absolute Gasteiger partial charge is 0.416 e. The predicted molar refractivity (Wildman–Crippen MR) is 83.6 cm³/mol. The molecule has 0 saturated carbocycles. The Kier molecular flexibility index (Phi) is 4.85. The summed E-state index contributed by atoms with van der Waals surface area (Å²) in [6, 6.07) is 5.82. The third kappa shape index (κ3) is 4.03. The van der Waals surface area contributed by atoms with Crippen molar-refractivity contribution in [3.05, 3.63) is 63.8 Å². The van der Waals surface area contributed by atoms with E-state index in [0.717, 1.165) is 12.1 Å². The molecule has 0 spiro atoms. The summed E-state index contributed by atoms with van der Waals surface area (Å²) in [7, 11) is 0. The van der Waals surface area contributed by atoms with Gasteiger partial charge in [0.15, 0.2) is 0 Å². The van der Waals surface area contributed by atoms with E-state index in [0.29, 0.717) is 5.69 Å². The number of alkyl halides is 3. The van der Waals surface area contributed by atoms with Gasteiger partial charge in [0.05, 0.1) is 24.1 Å². The van der Waals surface area contributed by atoms with Crippen LogP contribution in [0.4, 0.5) is 13.2 Å². The van der Waals surface area contributed by atoms with Crippen LogP contribution in [-0.4, -0.2) is 14.7 Å². The van der Waals surface area contributed by atoms with Crippen molar-refractivity contribution in [3.63, 3.8) is 0 Å². The SMILES string of the molecule is CC(C)c1cc(=O)n(CC(C)(O)c2cccc(C(F)(F)F)c2)cn1. The molecule has 0 saturated heterocycles. The summed E-state index contributed by atoms with van der Waals surface area (Å²) < 4.78 is 39.6. The lowest BCUT2D eigenvalue weighted by molar-refractivity contribution is -0.137. The number of rotatable bonds is 4. The number of benzene rings is 1. The van der Waals surface area contributed by atoms with Crippen LogP contribution >= 0.6 is 0 Å². The van der Waals surface area contributed by atoms with Crippen LogP contribution in [0.15, 0.2) is 41.5 Å². The van der Waals surface area contributed by atoms with Gasteiger partial charge in [-0.1, -0.05) is 26.0 Å². The smallest absolute Gasteiger partial charge is 0.384 e. The van der Waals surface area contributed by atoms with Gasteiger partial charge in [-0.2, -0.15) is 13.2 Å². The highest BCUT2D eigenvalue weighted by atomic mass is 19.4. The Balaban J connectivity index is 2.34. The fraction of sp³-hybridized carbons (Fsp3) is 0.412. The van der Waals surface area contributed by atoms with Gasteiger partial charge < -0.3 is 5.11 Å². The number of halogens is 3. The van der Waals surface area contributed by atoms with Gasteiger partial charge in [0, 0.05) is 6.07 Å². The van der Waals surface area contributed by atoms with Crippen molar-refractivity contribution >= 4 is 0 Å². The summed E-state index contributed by atoms with van der Waals surface area (Å²) in [6.07, 6.45) is -3.19. The molecule has 1 N–H and O–H groups in total. The first-order valence-electron chi connectivity index (χ1n) is 7.47. The Morgan fingerprint density at radius 3 is 2.38 bits per heavy atom. The van der Waals surface area contributed by atoms with Crippen LogP contribution in [0.5, 0.6) is 0 Å². The highest BCUT2D eigenvalue weighted by Gasteiger charge is 2.33. The van der Waals surface area contributed by atoms with Crippen LogP contribution in [0.2, 0.25) is 0 Å². The van der Waals surface area contributed by atoms with Crippen molar-refractivity contribution in [1.29, 1.82) is 0 Å². The zero-order chi connectivity index (χ0) is 18.1. The molecular weight excluding hydrogens is 321 g/mol. The summed E-state index contributed by atoms with van der Waals surface area (Å²) in [4.78, 5) is 16.3. The molecule has 1 unspecified atom stereocenters. The molecule has 1 aromatic carbocycles. The number of aliphatic hydroxyl groups is 1. The summed E-state index contributed by atoms with van der Waals surface area (Å²) in [5, 5.41) is 10.6. The van der Waals surface area contributed by atoms with Crippen molar-refractivity contribution in [3.8, 4) is 0 Å². The molecule has 0 bridgehead atoms. The first kappa shape index (κ1) is 18.2. The third-order valence-corrected chi connectivity index (χ3v) is 3.78. The average molecular weight is 340 g/mol. The summed E-state index contributed by atoms with van der Waals surface area (Å²) >= 11 is 0. The number of nitrogens with zero attached hydrogens (tertiary/aromatic N) is 2. The Bertz CT molecular complexity index is 780. The predicted octanol–water partition coefficient (Wildman–Crippen LogP) is 3.29. The number of hydrogen-bond acceptors (Lipinski definition) is 3. The zero-order valence-electron chi connectivity index (χ0n) is 13.6. The molecule has 0 amide bonds. The van der Waals surface area contributed by atoms with Crippen LogP contribution in [-0.2, 0) is 18.3 Å². The van der Waals surface area contributed by atoms with Crippen LogP contribution in [0.3, 0.4) is 0 Å². The molecule has 0 aliphatic carbocycles. The number of aromatic nitrogens is 2. The summed E-state index contributed by atoms with van der Waals surface area (Å²) in [5.74, 6) is 0.0799. The second kappa shape index (κ2) is 6.39. The van der Waals surface area contributed by atoms with E-state index in [1.165, 1.54) is 36.0 Å². The van der Waals surface area contributed by atoms with Gasteiger partial charge in [-0.25, -0.2) is 4.98 Å². The molecule has 1 atom stereocenters. The molecule has 1 aromatic heterocycles. The van der Waals surface area contributed by atoms with Gasteiger partial charge in [0.1, 0.15) is 5.60 Å². The van der Waals surface area contributed by atoms with Gasteiger partial charge >= 0.3 is 6.18 Å². The molecule has 0 radical (unpaired) electrons. The van der Waals surface area contributed by atoms with Crippen molar-refractivity contribution in [2.24, 2.45) is 0 Å². The molecule has 24 heavy (non-hydrogen) atoms. The molecule has 1 heterocycles. The third-order valence-electron chi connectivity index (χ3n) is 3.78. The molecule has 130 valence electrons. The lowest BCUT2D eigenvalue weighted by Crippen LogP contribution is -2.33. The maximum absolute atomic E-state index is 12.8. The van der Waals surface area contributed by atoms with E-state index in [-0.39, 0.29) is 23.6 Å². The first-order chi connectivity index (χ1) is 11.0. The maximum Gasteiger partial charge on any atom is 0.416 e. The van der Waals surface area contributed by atoms with Gasteiger partial charge in [0.2, 0.25) is 0 Å². The topological polar surface area (TPSA) is 55.1 Å². The lowest BCUT2D eigenvalue weighted by atomic mass is 9.94. The van der Waals surface area contributed by atoms with Crippen molar-refractivity contribution in [2.75, 3.05) is 0 Å². The van der Waals surface area contributed by atoms with E-state index < -0.39 is 17.3 Å². The highest BCUT2D eigenvalue weighted by Crippen LogP contribution is 2.32. The van der Waals surface area contributed by atoms with Gasteiger partial charge in [-0.15, -0.1) is 0 Å². The van der Waals surface area contributed by atoms with E-state index in [1.807, 2.05) is 13.8 Å². The Hall–Kier alpha value is -2.15. The molecular formula is C17H19F3N2O2. The second-order valence-corrected chi connectivity index (χ2v) is 6.29. The second-order valence-electron chi connectivity index (χ2n) is 6.29. The normalized spacial score (nSPS) is 14.7. The quantitative estimate of drug-likeness (QED) is 0.929. The monoisotopic (exact) mass is 340 g/mol. The van der Waals surface area contributed by atoms with Gasteiger partial charge in [0.25, 0.3) is 5.56 Å².